The van der Waals surface area contributed by atoms with Crippen LogP contribution in [0.1, 0.15) is 17.3 Å². The van der Waals surface area contributed by atoms with E-state index in [2.05, 4.69) is 25.8 Å². The number of hydrogen-bond donors (Lipinski definition) is 3. The van der Waals surface area contributed by atoms with Crippen LogP contribution in [0.15, 0.2) is 47.5 Å². The van der Waals surface area contributed by atoms with Crippen molar-refractivity contribution >= 4 is 51.8 Å². The number of benzene rings is 2. The lowest BCUT2D eigenvalue weighted by Gasteiger charge is -2.16. The molecule has 2 aromatic carbocycles. The number of fused-ring (bicyclic) bond motifs is 1. The summed E-state index contributed by atoms with van der Waals surface area (Å²) in [6.45, 7) is 2.35. The number of methoxy groups -OCH3 is 1. The Morgan fingerprint density at radius 2 is 1.93 bits per heavy atom. The van der Waals surface area contributed by atoms with E-state index in [9.17, 15) is 4.79 Å². The number of halogens is 2. The number of nitrogens with one attached hydrogen (secondary N) is 3. The maximum Gasteiger partial charge on any atom is 0.280 e. The molecule has 146 valence electrons. The summed E-state index contributed by atoms with van der Waals surface area (Å²) in [7, 11) is 1.60. The second-order valence-electron chi connectivity index (χ2n) is 6.16. The molecule has 0 radical (unpaired) electrons. The Bertz CT molecular complexity index is 1000. The van der Waals surface area contributed by atoms with Crippen LogP contribution < -0.4 is 10.6 Å². The molecular weight excluding hydrogens is 401 g/mol. The Morgan fingerprint density at radius 1 is 1.21 bits per heavy atom. The van der Waals surface area contributed by atoms with Crippen molar-refractivity contribution in [3.8, 4) is 0 Å². The molecule has 0 aliphatic rings. The average Bonchev–Trinajstić information content (AvgIpc) is 3.04. The fourth-order valence-corrected chi connectivity index (χ4v) is 2.87. The number of H-pyrrole nitrogens is 1. The molecule has 0 spiro atoms. The van der Waals surface area contributed by atoms with E-state index in [4.69, 9.17) is 27.9 Å². The van der Waals surface area contributed by atoms with Crippen LogP contribution in [0.4, 0.5) is 5.82 Å². The van der Waals surface area contributed by atoms with Gasteiger partial charge in [0.2, 0.25) is 5.96 Å². The first-order chi connectivity index (χ1) is 13.5. The van der Waals surface area contributed by atoms with Crippen LogP contribution in [0.5, 0.6) is 0 Å². The highest BCUT2D eigenvalue weighted by molar-refractivity contribution is 6.31. The molecule has 3 N–H and O–H groups in total. The molecule has 1 heterocycles. The minimum atomic E-state index is -0.414. The molecule has 0 saturated carbocycles. The van der Waals surface area contributed by atoms with Crippen molar-refractivity contribution < 1.29 is 9.53 Å². The minimum absolute atomic E-state index is 0.0853. The molecule has 0 unspecified atom stereocenters. The summed E-state index contributed by atoms with van der Waals surface area (Å²) < 4.78 is 5.15. The number of aromatic amines is 1. The van der Waals surface area contributed by atoms with Crippen molar-refractivity contribution in [1.82, 2.24) is 15.5 Å². The normalized spacial score (nSPS) is 12.8. The Kier molecular flexibility index (Phi) is 6.51. The van der Waals surface area contributed by atoms with E-state index in [-0.39, 0.29) is 12.0 Å². The molecule has 7 nitrogen and oxygen atoms in total. The number of carbonyl (C=O) groups is 1. The van der Waals surface area contributed by atoms with E-state index in [1.165, 1.54) is 0 Å². The first-order valence-electron chi connectivity index (χ1n) is 8.51. The van der Waals surface area contributed by atoms with Gasteiger partial charge in [0, 0.05) is 34.1 Å². The molecule has 3 aromatic rings. The third kappa shape index (κ3) is 5.01. The van der Waals surface area contributed by atoms with Gasteiger partial charge in [-0.05, 0) is 49.4 Å². The maximum atomic E-state index is 12.6. The number of guanidine groups is 1. The molecular formula is C19H19Cl2N5O2. The van der Waals surface area contributed by atoms with Crippen LogP contribution in [-0.2, 0) is 4.74 Å². The highest BCUT2D eigenvalue weighted by atomic mass is 35.5. The van der Waals surface area contributed by atoms with Gasteiger partial charge in [0.05, 0.1) is 12.1 Å². The number of rotatable bonds is 5. The summed E-state index contributed by atoms with van der Waals surface area (Å²) in [4.78, 5) is 16.7. The average molecular weight is 420 g/mol. The first-order valence-corrected chi connectivity index (χ1v) is 9.26. The quantitative estimate of drug-likeness (QED) is 0.427. The zero-order valence-electron chi connectivity index (χ0n) is 15.3. The summed E-state index contributed by atoms with van der Waals surface area (Å²) in [6.07, 6.45) is 0. The molecule has 0 aliphatic heterocycles. The van der Waals surface area contributed by atoms with Crippen molar-refractivity contribution in [2.75, 3.05) is 19.0 Å². The maximum absolute atomic E-state index is 12.6. The van der Waals surface area contributed by atoms with E-state index in [1.54, 1.807) is 43.5 Å². The van der Waals surface area contributed by atoms with Gasteiger partial charge in [0.15, 0.2) is 0 Å². The first kappa shape index (κ1) is 20.1. The van der Waals surface area contributed by atoms with Crippen LogP contribution in [0.3, 0.4) is 0 Å². The van der Waals surface area contributed by atoms with Crippen LogP contribution in [0.25, 0.3) is 10.9 Å². The fraction of sp³-hybridized carbons (Fsp3) is 0.211. The van der Waals surface area contributed by atoms with Gasteiger partial charge in [-0.25, -0.2) is 0 Å². The fourth-order valence-electron chi connectivity index (χ4n) is 2.58. The predicted octanol–water partition coefficient (Wildman–Crippen LogP) is 4.10. The molecule has 1 atom stereocenters. The Morgan fingerprint density at radius 3 is 2.64 bits per heavy atom. The third-order valence-electron chi connectivity index (χ3n) is 3.86. The zero-order chi connectivity index (χ0) is 20.1. The number of carbonyl (C=O) groups excluding carboxylic acids is 1. The number of ether oxygens (including phenoxy) is 1. The summed E-state index contributed by atoms with van der Waals surface area (Å²) in [5.41, 5.74) is 1.12. The minimum Gasteiger partial charge on any atom is -0.383 e. The van der Waals surface area contributed by atoms with Gasteiger partial charge in [0.25, 0.3) is 5.91 Å². The van der Waals surface area contributed by atoms with E-state index in [0.29, 0.717) is 33.6 Å². The van der Waals surface area contributed by atoms with E-state index < -0.39 is 5.91 Å². The summed E-state index contributed by atoms with van der Waals surface area (Å²) >= 11 is 11.9. The van der Waals surface area contributed by atoms with Gasteiger partial charge in [-0.3, -0.25) is 9.89 Å². The molecule has 1 aromatic heterocycles. The van der Waals surface area contributed by atoms with Crippen LogP contribution in [0.2, 0.25) is 10.0 Å². The largest absolute Gasteiger partial charge is 0.383 e. The monoisotopic (exact) mass is 419 g/mol. The Labute approximate surface area is 172 Å². The molecule has 28 heavy (non-hydrogen) atoms. The van der Waals surface area contributed by atoms with Gasteiger partial charge in [0.1, 0.15) is 5.82 Å². The Hall–Kier alpha value is -2.61. The van der Waals surface area contributed by atoms with Crippen molar-refractivity contribution in [2.45, 2.75) is 13.0 Å². The Balaban J connectivity index is 1.89. The van der Waals surface area contributed by atoms with Crippen LogP contribution in [0, 0.1) is 0 Å². The second kappa shape index (κ2) is 9.05. The lowest BCUT2D eigenvalue weighted by Crippen LogP contribution is -2.40. The standard InChI is InChI=1S/C19H19Cl2N5O2/c1-11(10-28-2)22-19(24-18(27)12-3-5-13(20)6-4-12)23-17-15-8-7-14(21)9-16(15)25-26-17/h3-9,11H,10H2,1-2H3,(H3,22,23,24,25,26,27)/t11-/m0/s1. The number of hydrogen-bond acceptors (Lipinski definition) is 3. The van der Waals surface area contributed by atoms with Crippen molar-refractivity contribution in [1.29, 1.82) is 0 Å². The highest BCUT2D eigenvalue weighted by Crippen LogP contribution is 2.23. The van der Waals surface area contributed by atoms with Gasteiger partial charge in [-0.15, -0.1) is 0 Å². The SMILES string of the molecule is COC[C@H](C)N/C(=N/C(=O)c1ccc(Cl)cc1)Nc1[nH]nc2cc(Cl)ccc12. The molecule has 3 rings (SSSR count). The molecule has 9 heteroatoms. The van der Waals surface area contributed by atoms with Crippen molar-refractivity contribution in [3.05, 3.63) is 58.1 Å². The lowest BCUT2D eigenvalue weighted by atomic mass is 10.2. The van der Waals surface area contributed by atoms with E-state index >= 15 is 0 Å². The molecule has 0 fully saturated rings. The third-order valence-corrected chi connectivity index (χ3v) is 4.35. The van der Waals surface area contributed by atoms with Gasteiger partial charge < -0.3 is 15.4 Å². The van der Waals surface area contributed by atoms with Gasteiger partial charge in [-0.2, -0.15) is 10.1 Å². The van der Waals surface area contributed by atoms with Gasteiger partial charge in [-0.1, -0.05) is 23.2 Å². The molecule has 0 bridgehead atoms. The number of aromatic nitrogens is 2. The molecule has 1 amide bonds. The zero-order valence-corrected chi connectivity index (χ0v) is 16.8. The summed E-state index contributed by atoms with van der Waals surface area (Å²) in [5, 5.41) is 15.3. The van der Waals surface area contributed by atoms with Crippen molar-refractivity contribution in [3.63, 3.8) is 0 Å². The second-order valence-corrected chi connectivity index (χ2v) is 7.03. The number of amides is 1. The smallest absolute Gasteiger partial charge is 0.280 e. The molecule has 0 saturated heterocycles. The summed E-state index contributed by atoms with van der Waals surface area (Å²) in [5.74, 6) is 0.444. The highest BCUT2D eigenvalue weighted by Gasteiger charge is 2.13. The van der Waals surface area contributed by atoms with E-state index in [1.807, 2.05) is 13.0 Å². The number of aliphatic imine (C=N–C) groups is 1. The molecule has 0 aliphatic carbocycles. The van der Waals surface area contributed by atoms with Crippen LogP contribution >= 0.6 is 23.2 Å². The topological polar surface area (TPSA) is 91.4 Å². The predicted molar refractivity (Wildman–Crippen MR) is 112 cm³/mol. The number of nitrogens with zero attached hydrogens (tertiary/aromatic N) is 2. The van der Waals surface area contributed by atoms with Crippen molar-refractivity contribution in [2.24, 2.45) is 4.99 Å². The summed E-state index contributed by atoms with van der Waals surface area (Å²) in [6, 6.07) is 11.8. The lowest BCUT2D eigenvalue weighted by molar-refractivity contribution is 0.100. The van der Waals surface area contributed by atoms with Crippen LogP contribution in [-0.4, -0.2) is 41.8 Å². The van der Waals surface area contributed by atoms with Gasteiger partial charge >= 0.3 is 0 Å². The van der Waals surface area contributed by atoms with E-state index in [0.717, 1.165) is 5.39 Å². The number of anilines is 1.